The Hall–Kier alpha value is -2.11. The number of ether oxygens (including phenoxy) is 1. The molecule has 2 aromatic rings. The lowest BCUT2D eigenvalue weighted by Crippen LogP contribution is -2.04. The molecule has 94 valence electrons. The van der Waals surface area contributed by atoms with Gasteiger partial charge in [0, 0.05) is 11.8 Å². The maximum Gasteiger partial charge on any atom is 0.416 e. The summed E-state index contributed by atoms with van der Waals surface area (Å²) in [4.78, 5) is 7.87. The van der Waals surface area contributed by atoms with Gasteiger partial charge < -0.3 is 4.74 Å². The molecule has 2 rings (SSSR count). The zero-order valence-corrected chi connectivity index (χ0v) is 9.40. The summed E-state index contributed by atoms with van der Waals surface area (Å²) in [5.41, 5.74) is 0.395. The van der Waals surface area contributed by atoms with Gasteiger partial charge in [0.25, 0.3) is 0 Å². The van der Waals surface area contributed by atoms with Crippen molar-refractivity contribution in [2.45, 2.75) is 6.18 Å². The Morgan fingerprint density at radius 1 is 1.06 bits per heavy atom. The number of benzene rings is 1. The Morgan fingerprint density at radius 3 is 2.28 bits per heavy atom. The fourth-order valence-electron chi connectivity index (χ4n) is 1.43. The van der Waals surface area contributed by atoms with E-state index in [0.29, 0.717) is 11.3 Å². The Balaban J connectivity index is 2.34. The fraction of sp³-hybridized carbons (Fsp3) is 0.167. The summed E-state index contributed by atoms with van der Waals surface area (Å²) in [6.45, 7) is 0. The van der Waals surface area contributed by atoms with Gasteiger partial charge in [0.05, 0.1) is 18.4 Å². The number of nitrogens with zero attached hydrogens (tertiary/aromatic N) is 2. The highest BCUT2D eigenvalue weighted by Gasteiger charge is 2.29. The van der Waals surface area contributed by atoms with Crippen LogP contribution in [0.4, 0.5) is 13.2 Å². The third kappa shape index (κ3) is 2.58. The molecule has 18 heavy (non-hydrogen) atoms. The van der Waals surface area contributed by atoms with Crippen molar-refractivity contribution in [1.29, 1.82) is 0 Å². The summed E-state index contributed by atoms with van der Waals surface area (Å²) in [5.74, 6) is 0. The van der Waals surface area contributed by atoms with Gasteiger partial charge in [0.1, 0.15) is 0 Å². The molecule has 0 fully saturated rings. The normalized spacial score (nSPS) is 11.3. The molecule has 1 aromatic carbocycles. The van der Waals surface area contributed by atoms with Gasteiger partial charge in [-0.05, 0) is 18.2 Å². The minimum Gasteiger partial charge on any atom is -0.467 e. The monoisotopic (exact) mass is 254 g/mol. The highest BCUT2D eigenvalue weighted by Crippen LogP contribution is 2.30. The van der Waals surface area contributed by atoms with Crippen molar-refractivity contribution in [2.24, 2.45) is 0 Å². The van der Waals surface area contributed by atoms with E-state index in [4.69, 9.17) is 4.74 Å². The van der Waals surface area contributed by atoms with E-state index in [0.717, 1.165) is 12.1 Å². The summed E-state index contributed by atoms with van der Waals surface area (Å²) in [6.07, 6.45) is -2.85. The Kier molecular flexibility index (Phi) is 3.18. The first-order chi connectivity index (χ1) is 8.50. The summed E-state index contributed by atoms with van der Waals surface area (Å²) in [7, 11) is 1.42. The van der Waals surface area contributed by atoms with Crippen LogP contribution in [0.25, 0.3) is 11.3 Å². The van der Waals surface area contributed by atoms with Gasteiger partial charge in [0.15, 0.2) is 0 Å². The first-order valence-electron chi connectivity index (χ1n) is 5.05. The van der Waals surface area contributed by atoms with Gasteiger partial charge >= 0.3 is 12.2 Å². The quantitative estimate of drug-likeness (QED) is 0.825. The highest BCUT2D eigenvalue weighted by atomic mass is 19.4. The second-order valence-corrected chi connectivity index (χ2v) is 3.50. The number of methoxy groups -OCH3 is 1. The van der Waals surface area contributed by atoms with E-state index < -0.39 is 11.7 Å². The smallest absolute Gasteiger partial charge is 0.416 e. The zero-order chi connectivity index (χ0) is 13.2. The molecular formula is C12H9F3N2O. The van der Waals surface area contributed by atoms with Crippen molar-refractivity contribution in [2.75, 3.05) is 7.11 Å². The van der Waals surface area contributed by atoms with Crippen LogP contribution in [-0.2, 0) is 6.18 Å². The number of halogens is 3. The molecule has 0 amide bonds. The summed E-state index contributed by atoms with van der Waals surface area (Å²) < 4.78 is 42.0. The summed E-state index contributed by atoms with van der Waals surface area (Å²) in [5, 5.41) is 0. The van der Waals surface area contributed by atoms with Gasteiger partial charge in [-0.3, -0.25) is 0 Å². The van der Waals surface area contributed by atoms with Crippen LogP contribution in [0.3, 0.4) is 0 Å². The number of hydrogen-bond acceptors (Lipinski definition) is 3. The van der Waals surface area contributed by atoms with Crippen LogP contribution in [0.15, 0.2) is 36.5 Å². The molecule has 0 radical (unpaired) electrons. The minimum absolute atomic E-state index is 0.174. The Morgan fingerprint density at radius 2 is 1.72 bits per heavy atom. The van der Waals surface area contributed by atoms with Crippen LogP contribution >= 0.6 is 0 Å². The van der Waals surface area contributed by atoms with E-state index in [2.05, 4.69) is 9.97 Å². The van der Waals surface area contributed by atoms with Crippen molar-refractivity contribution in [3.63, 3.8) is 0 Å². The van der Waals surface area contributed by atoms with Crippen LogP contribution in [0, 0.1) is 0 Å². The molecule has 3 nitrogen and oxygen atoms in total. The molecule has 0 unspecified atom stereocenters. The van der Waals surface area contributed by atoms with E-state index in [1.807, 2.05) is 0 Å². The van der Waals surface area contributed by atoms with Crippen LogP contribution in [0.5, 0.6) is 6.01 Å². The largest absolute Gasteiger partial charge is 0.467 e. The Bertz CT molecular complexity index is 538. The van der Waals surface area contributed by atoms with E-state index in [9.17, 15) is 13.2 Å². The number of rotatable bonds is 2. The van der Waals surface area contributed by atoms with Crippen molar-refractivity contribution < 1.29 is 17.9 Å². The maximum atomic E-state index is 12.4. The molecule has 0 N–H and O–H groups in total. The number of aromatic nitrogens is 2. The first kappa shape index (κ1) is 12.3. The molecule has 6 heteroatoms. The molecule has 0 aliphatic heterocycles. The van der Waals surface area contributed by atoms with Crippen molar-refractivity contribution >= 4 is 0 Å². The molecule has 0 aliphatic rings. The van der Waals surface area contributed by atoms with Gasteiger partial charge in [-0.15, -0.1) is 0 Å². The molecule has 0 bridgehead atoms. The van der Waals surface area contributed by atoms with Crippen molar-refractivity contribution in [3.8, 4) is 17.3 Å². The molecule has 0 spiro atoms. The average Bonchev–Trinajstić information content (AvgIpc) is 2.38. The molecule has 0 saturated carbocycles. The molecule has 0 aliphatic carbocycles. The second-order valence-electron chi connectivity index (χ2n) is 3.50. The van der Waals surface area contributed by atoms with E-state index >= 15 is 0 Å². The molecule has 0 saturated heterocycles. The number of alkyl halides is 3. The van der Waals surface area contributed by atoms with Gasteiger partial charge in [-0.2, -0.15) is 18.2 Å². The minimum atomic E-state index is -4.33. The number of hydrogen-bond donors (Lipinski definition) is 0. The summed E-state index contributed by atoms with van der Waals surface area (Å²) in [6, 6.07) is 6.54. The SMILES string of the molecule is COc1nccc(-c2ccc(C(F)(F)F)cc2)n1. The first-order valence-corrected chi connectivity index (χ1v) is 5.05. The van der Waals surface area contributed by atoms with Crippen LogP contribution in [-0.4, -0.2) is 17.1 Å². The maximum absolute atomic E-state index is 12.4. The second kappa shape index (κ2) is 4.64. The van der Waals surface area contributed by atoms with Gasteiger partial charge in [-0.1, -0.05) is 12.1 Å². The van der Waals surface area contributed by atoms with Gasteiger partial charge in [0.2, 0.25) is 0 Å². The van der Waals surface area contributed by atoms with Crippen LogP contribution in [0.1, 0.15) is 5.56 Å². The fourth-order valence-corrected chi connectivity index (χ4v) is 1.43. The molecular weight excluding hydrogens is 245 g/mol. The molecule has 1 aromatic heterocycles. The predicted octanol–water partition coefficient (Wildman–Crippen LogP) is 3.17. The van der Waals surface area contributed by atoms with E-state index in [1.54, 1.807) is 6.07 Å². The highest BCUT2D eigenvalue weighted by molar-refractivity contribution is 5.59. The van der Waals surface area contributed by atoms with Crippen LogP contribution < -0.4 is 4.74 Å². The zero-order valence-electron chi connectivity index (χ0n) is 9.40. The summed E-state index contributed by atoms with van der Waals surface area (Å²) >= 11 is 0. The van der Waals surface area contributed by atoms with E-state index in [1.165, 1.54) is 25.4 Å². The van der Waals surface area contributed by atoms with Crippen molar-refractivity contribution in [1.82, 2.24) is 9.97 Å². The topological polar surface area (TPSA) is 35.0 Å². The van der Waals surface area contributed by atoms with E-state index in [-0.39, 0.29) is 6.01 Å². The average molecular weight is 254 g/mol. The lowest BCUT2D eigenvalue weighted by molar-refractivity contribution is -0.137. The standard InChI is InChI=1S/C12H9F3N2O/c1-18-11-16-7-6-10(17-11)8-2-4-9(5-3-8)12(13,14)15/h2-7H,1H3. The lowest BCUT2D eigenvalue weighted by atomic mass is 10.1. The third-order valence-electron chi connectivity index (χ3n) is 2.32. The molecule has 1 heterocycles. The molecule has 0 atom stereocenters. The third-order valence-corrected chi connectivity index (χ3v) is 2.32. The van der Waals surface area contributed by atoms with Crippen LogP contribution in [0.2, 0.25) is 0 Å². The Labute approximate surface area is 101 Å². The van der Waals surface area contributed by atoms with Gasteiger partial charge in [-0.25, -0.2) is 4.98 Å². The lowest BCUT2D eigenvalue weighted by Gasteiger charge is -2.07. The predicted molar refractivity (Wildman–Crippen MR) is 59.0 cm³/mol. The van der Waals surface area contributed by atoms with Crippen molar-refractivity contribution in [3.05, 3.63) is 42.1 Å².